The Bertz CT molecular complexity index is 2110. The lowest BCUT2D eigenvalue weighted by Gasteiger charge is -2.29. The lowest BCUT2D eigenvalue weighted by molar-refractivity contribution is -0.139. The molecule has 57 heavy (non-hydrogen) atoms. The average Bonchev–Trinajstić information content (AvgIpc) is 3.86. The molecule has 0 aliphatic carbocycles. The Morgan fingerprint density at radius 1 is 0.842 bits per heavy atom. The van der Waals surface area contributed by atoms with E-state index in [0.717, 1.165) is 16.7 Å². The van der Waals surface area contributed by atoms with Gasteiger partial charge in [-0.1, -0.05) is 102 Å². The molecule has 0 radical (unpaired) electrons. The van der Waals surface area contributed by atoms with Gasteiger partial charge in [0.1, 0.15) is 18.2 Å². The van der Waals surface area contributed by atoms with Crippen molar-refractivity contribution in [1.29, 1.82) is 0 Å². The van der Waals surface area contributed by atoms with Crippen LogP contribution in [0, 0.1) is 5.92 Å². The lowest BCUT2D eigenvalue weighted by atomic mass is 9.89. The van der Waals surface area contributed by atoms with E-state index in [-0.39, 0.29) is 50.7 Å². The molecular weight excluding hydrogens is 767 g/mol. The van der Waals surface area contributed by atoms with Crippen LogP contribution in [0.15, 0.2) is 108 Å². The van der Waals surface area contributed by atoms with Gasteiger partial charge in [-0.15, -0.1) is 0 Å². The minimum absolute atomic E-state index is 0.0183. The van der Waals surface area contributed by atoms with Gasteiger partial charge in [-0.25, -0.2) is 9.78 Å². The van der Waals surface area contributed by atoms with Crippen molar-refractivity contribution in [3.05, 3.63) is 136 Å². The van der Waals surface area contributed by atoms with Gasteiger partial charge < -0.3 is 29.8 Å². The summed E-state index contributed by atoms with van der Waals surface area (Å²) in [5.41, 5.74) is 9.27. The van der Waals surface area contributed by atoms with Crippen molar-refractivity contribution >= 4 is 57.9 Å². The number of Topliss-reactive ketones (excluding diaryl/α,β-unsaturated/α-hetero) is 2. The molecule has 1 saturated heterocycles. The standard InChI is InChI=1S/C44H46Cl2N4O7/c45-33-17-14-31(15-18-33)27-55-35-25-38(39(51)23-32(13-7-8-22-47)41(52)42-48-37-24-34(46)19-21-40(37)57-42)50(26-35)43(53)36(20-16-29-9-3-1-4-10-29)49-44(54)56-28-30-11-5-2-6-12-30/h1-6,9-12,14-15,17-19,21,24,32,35-36,38H,7-8,13,16,20,22-23,25-28,47H2,(H,49,54)/t32-,35-,36-,38+/m1/s1. The van der Waals surface area contributed by atoms with Crippen LogP contribution in [-0.4, -0.2) is 64.7 Å². The first-order chi connectivity index (χ1) is 27.7. The van der Waals surface area contributed by atoms with Crippen molar-refractivity contribution in [3.63, 3.8) is 0 Å². The monoisotopic (exact) mass is 812 g/mol. The number of aromatic nitrogens is 1. The van der Waals surface area contributed by atoms with E-state index in [1.54, 1.807) is 30.3 Å². The number of benzene rings is 4. The summed E-state index contributed by atoms with van der Waals surface area (Å²) in [7, 11) is 0. The van der Waals surface area contributed by atoms with Crippen molar-refractivity contribution in [2.45, 2.75) is 76.3 Å². The van der Waals surface area contributed by atoms with Crippen LogP contribution in [-0.2, 0) is 38.7 Å². The summed E-state index contributed by atoms with van der Waals surface area (Å²) in [6, 6.07) is 29.0. The molecule has 1 aliphatic rings. The topological polar surface area (TPSA) is 154 Å². The highest BCUT2D eigenvalue weighted by Crippen LogP contribution is 2.30. The second-order valence-electron chi connectivity index (χ2n) is 14.2. The molecule has 0 spiro atoms. The molecule has 5 aromatic rings. The number of unbranched alkanes of at least 4 members (excludes halogenated alkanes) is 1. The number of ketones is 2. The van der Waals surface area contributed by atoms with Gasteiger partial charge in [0, 0.05) is 35.3 Å². The van der Waals surface area contributed by atoms with Crippen LogP contribution >= 0.6 is 23.2 Å². The quantitative estimate of drug-likeness (QED) is 0.0621. The smallest absolute Gasteiger partial charge is 0.408 e. The van der Waals surface area contributed by atoms with E-state index >= 15 is 0 Å². The molecule has 4 atom stereocenters. The Balaban J connectivity index is 1.24. The molecule has 6 rings (SSSR count). The highest BCUT2D eigenvalue weighted by Gasteiger charge is 2.43. The fraction of sp³-hybridized carbons (Fsp3) is 0.341. The summed E-state index contributed by atoms with van der Waals surface area (Å²) >= 11 is 12.2. The van der Waals surface area contributed by atoms with Crippen molar-refractivity contribution in [2.24, 2.45) is 11.7 Å². The molecule has 298 valence electrons. The normalized spacial score (nSPS) is 16.3. The number of alkyl carbamates (subject to hydrolysis) is 1. The van der Waals surface area contributed by atoms with Gasteiger partial charge in [0.2, 0.25) is 11.7 Å². The number of carbonyl (C=O) groups excluding carboxylic acids is 4. The fourth-order valence-corrected chi connectivity index (χ4v) is 7.29. The molecule has 2 heterocycles. The molecule has 0 bridgehead atoms. The summed E-state index contributed by atoms with van der Waals surface area (Å²) in [6.07, 6.45) is 1.13. The van der Waals surface area contributed by atoms with Crippen LogP contribution in [0.3, 0.4) is 0 Å². The predicted octanol–water partition coefficient (Wildman–Crippen LogP) is 8.14. The summed E-state index contributed by atoms with van der Waals surface area (Å²) in [5.74, 6) is -2.05. The Morgan fingerprint density at radius 2 is 1.53 bits per heavy atom. The first-order valence-corrected chi connectivity index (χ1v) is 19.9. The number of hydrogen-bond donors (Lipinski definition) is 2. The SMILES string of the molecule is NCCCC[C@H](CC(=O)[C@@H]1C[C@@H](OCc2ccc(Cl)cc2)CN1C(=O)[C@@H](CCc1ccccc1)NC(=O)OCc1ccccc1)C(=O)c1nc2cc(Cl)ccc2o1. The van der Waals surface area contributed by atoms with Gasteiger partial charge in [-0.2, -0.15) is 0 Å². The van der Waals surface area contributed by atoms with Crippen molar-refractivity contribution < 1.29 is 33.1 Å². The van der Waals surface area contributed by atoms with Crippen molar-refractivity contribution in [2.75, 3.05) is 13.1 Å². The van der Waals surface area contributed by atoms with Crippen LogP contribution in [0.4, 0.5) is 4.79 Å². The van der Waals surface area contributed by atoms with Gasteiger partial charge in [-0.3, -0.25) is 14.4 Å². The number of aryl methyl sites for hydroxylation is 1. The van der Waals surface area contributed by atoms with Gasteiger partial charge in [0.15, 0.2) is 11.4 Å². The highest BCUT2D eigenvalue weighted by atomic mass is 35.5. The van der Waals surface area contributed by atoms with Crippen molar-refractivity contribution in [1.82, 2.24) is 15.2 Å². The number of fused-ring (bicyclic) bond motifs is 1. The molecule has 1 fully saturated rings. The third kappa shape index (κ3) is 11.7. The van der Waals surface area contributed by atoms with E-state index in [0.29, 0.717) is 53.4 Å². The molecule has 13 heteroatoms. The maximum absolute atomic E-state index is 14.6. The molecule has 4 aromatic carbocycles. The first kappa shape index (κ1) is 41.6. The van der Waals surface area contributed by atoms with Gasteiger partial charge in [0.05, 0.1) is 18.8 Å². The van der Waals surface area contributed by atoms with Crippen LogP contribution < -0.4 is 11.1 Å². The van der Waals surface area contributed by atoms with Crippen molar-refractivity contribution in [3.8, 4) is 0 Å². The zero-order valence-electron chi connectivity index (χ0n) is 31.5. The number of halogens is 2. The summed E-state index contributed by atoms with van der Waals surface area (Å²) in [6.45, 7) is 0.778. The zero-order valence-corrected chi connectivity index (χ0v) is 33.0. The number of amides is 2. The van der Waals surface area contributed by atoms with Crippen LogP contribution in [0.5, 0.6) is 0 Å². The summed E-state index contributed by atoms with van der Waals surface area (Å²) < 4.78 is 17.6. The van der Waals surface area contributed by atoms with E-state index in [1.807, 2.05) is 72.8 Å². The number of nitrogens with one attached hydrogen (secondary N) is 1. The maximum Gasteiger partial charge on any atom is 0.408 e. The average molecular weight is 814 g/mol. The molecule has 2 amide bonds. The minimum atomic E-state index is -1.02. The van der Waals surface area contributed by atoms with Gasteiger partial charge in [-0.05, 0) is 79.3 Å². The molecule has 1 aromatic heterocycles. The van der Waals surface area contributed by atoms with E-state index in [4.69, 9.17) is 42.8 Å². The van der Waals surface area contributed by atoms with Crippen LogP contribution in [0.25, 0.3) is 11.1 Å². The second kappa shape index (κ2) is 20.4. The molecule has 3 N–H and O–H groups in total. The van der Waals surface area contributed by atoms with E-state index in [9.17, 15) is 19.2 Å². The third-order valence-corrected chi connectivity index (χ3v) is 10.6. The Labute approximate surface area is 341 Å². The largest absolute Gasteiger partial charge is 0.445 e. The van der Waals surface area contributed by atoms with Gasteiger partial charge >= 0.3 is 6.09 Å². The lowest BCUT2D eigenvalue weighted by Crippen LogP contribution is -2.52. The fourth-order valence-electron chi connectivity index (χ4n) is 7.00. The summed E-state index contributed by atoms with van der Waals surface area (Å²) in [5, 5.41) is 3.83. The number of nitrogens with two attached hydrogens (primary N) is 1. The Morgan fingerprint density at radius 3 is 2.25 bits per heavy atom. The maximum atomic E-state index is 14.6. The number of hydrogen-bond acceptors (Lipinski definition) is 9. The van der Waals surface area contributed by atoms with E-state index in [1.165, 1.54) is 4.90 Å². The van der Waals surface area contributed by atoms with Crippen LogP contribution in [0.1, 0.15) is 65.9 Å². The Kier molecular flexibility index (Phi) is 14.9. The van der Waals surface area contributed by atoms with Gasteiger partial charge in [0.25, 0.3) is 5.89 Å². The minimum Gasteiger partial charge on any atom is -0.445 e. The number of ether oxygens (including phenoxy) is 2. The molecule has 1 aliphatic heterocycles. The van der Waals surface area contributed by atoms with Crippen LogP contribution in [0.2, 0.25) is 10.0 Å². The predicted molar refractivity (Wildman–Crippen MR) is 218 cm³/mol. The third-order valence-electron chi connectivity index (χ3n) is 10.1. The van der Waals surface area contributed by atoms with E-state index < -0.39 is 41.9 Å². The molecule has 0 saturated carbocycles. The second-order valence-corrected chi connectivity index (χ2v) is 15.1. The number of rotatable bonds is 19. The number of oxazole rings is 1. The molecule has 0 unspecified atom stereocenters. The number of likely N-dealkylation sites (tertiary alicyclic amines) is 1. The first-order valence-electron chi connectivity index (χ1n) is 19.2. The Hall–Kier alpha value is -5.07. The zero-order chi connectivity index (χ0) is 40.1. The molecule has 11 nitrogen and oxygen atoms in total. The number of nitrogens with zero attached hydrogens (tertiary/aromatic N) is 2. The highest BCUT2D eigenvalue weighted by molar-refractivity contribution is 6.31. The summed E-state index contributed by atoms with van der Waals surface area (Å²) in [4.78, 5) is 62.2. The van der Waals surface area contributed by atoms with E-state index in [2.05, 4.69) is 10.3 Å². The number of carbonyl (C=O) groups is 4. The molecular formula is C44H46Cl2N4O7.